The van der Waals surface area contributed by atoms with Gasteiger partial charge in [-0.2, -0.15) is 5.10 Å². The lowest BCUT2D eigenvalue weighted by Gasteiger charge is -2.07. The van der Waals surface area contributed by atoms with Crippen molar-refractivity contribution >= 4 is 5.52 Å². The molecular weight excluding hydrogens is 186 g/mol. The quantitative estimate of drug-likeness (QED) is 0.822. The fourth-order valence-corrected chi connectivity index (χ4v) is 1.91. The van der Waals surface area contributed by atoms with Crippen molar-refractivity contribution in [2.24, 2.45) is 5.73 Å². The van der Waals surface area contributed by atoms with Crippen LogP contribution in [-0.2, 0) is 6.42 Å². The van der Waals surface area contributed by atoms with Crippen molar-refractivity contribution in [3.05, 3.63) is 36.2 Å². The third kappa shape index (κ3) is 1.75. The highest BCUT2D eigenvalue weighted by Crippen LogP contribution is 2.36. The van der Waals surface area contributed by atoms with Gasteiger partial charge in [0.25, 0.3) is 0 Å². The van der Waals surface area contributed by atoms with Crippen molar-refractivity contribution in [3.8, 4) is 0 Å². The number of nitrogens with two attached hydrogens (primary N) is 1. The van der Waals surface area contributed by atoms with Gasteiger partial charge in [0.1, 0.15) is 0 Å². The molecule has 2 heterocycles. The SMILES string of the molecule is NC1(CCc2ccc3ccnn3c2)CC1. The molecule has 0 amide bonds. The van der Waals surface area contributed by atoms with Crippen molar-refractivity contribution in [1.82, 2.24) is 9.61 Å². The average molecular weight is 201 g/mol. The maximum absolute atomic E-state index is 6.06. The van der Waals surface area contributed by atoms with Crippen LogP contribution in [0.15, 0.2) is 30.6 Å². The van der Waals surface area contributed by atoms with Gasteiger partial charge in [-0.15, -0.1) is 0 Å². The molecular formula is C12H15N3. The highest BCUT2D eigenvalue weighted by molar-refractivity contribution is 5.45. The van der Waals surface area contributed by atoms with E-state index in [-0.39, 0.29) is 5.54 Å². The van der Waals surface area contributed by atoms with E-state index in [1.807, 2.05) is 16.8 Å². The fourth-order valence-electron chi connectivity index (χ4n) is 1.91. The van der Waals surface area contributed by atoms with Gasteiger partial charge in [-0.3, -0.25) is 0 Å². The van der Waals surface area contributed by atoms with Crippen LogP contribution in [0.5, 0.6) is 0 Å². The molecule has 0 spiro atoms. The summed E-state index contributed by atoms with van der Waals surface area (Å²) in [5.41, 5.74) is 8.68. The molecule has 2 aromatic heterocycles. The van der Waals surface area contributed by atoms with E-state index in [0.29, 0.717) is 0 Å². The van der Waals surface area contributed by atoms with Gasteiger partial charge in [0.2, 0.25) is 0 Å². The first-order valence-corrected chi connectivity index (χ1v) is 5.46. The molecule has 0 aromatic carbocycles. The zero-order valence-corrected chi connectivity index (χ0v) is 8.69. The molecule has 3 rings (SSSR count). The van der Waals surface area contributed by atoms with Crippen molar-refractivity contribution < 1.29 is 0 Å². The molecule has 1 aliphatic rings. The summed E-state index contributed by atoms with van der Waals surface area (Å²) in [4.78, 5) is 0. The Labute approximate surface area is 88.9 Å². The lowest BCUT2D eigenvalue weighted by molar-refractivity contribution is 0.607. The van der Waals surface area contributed by atoms with E-state index in [4.69, 9.17) is 5.73 Å². The Kier molecular flexibility index (Phi) is 1.83. The summed E-state index contributed by atoms with van der Waals surface area (Å²) in [6.45, 7) is 0. The molecule has 3 nitrogen and oxygen atoms in total. The van der Waals surface area contributed by atoms with E-state index in [0.717, 1.165) is 18.4 Å². The van der Waals surface area contributed by atoms with Crippen LogP contribution in [0.4, 0.5) is 0 Å². The third-order valence-electron chi connectivity index (χ3n) is 3.26. The Morgan fingerprint density at radius 2 is 2.20 bits per heavy atom. The average Bonchev–Trinajstić information content (AvgIpc) is 2.80. The highest BCUT2D eigenvalue weighted by Gasteiger charge is 2.37. The maximum Gasteiger partial charge on any atom is 0.0661 e. The van der Waals surface area contributed by atoms with E-state index in [2.05, 4.69) is 23.4 Å². The minimum Gasteiger partial charge on any atom is -0.325 e. The lowest BCUT2D eigenvalue weighted by atomic mass is 10.1. The number of hydrogen-bond donors (Lipinski definition) is 1. The minimum absolute atomic E-state index is 0.152. The molecule has 1 saturated carbocycles. The van der Waals surface area contributed by atoms with E-state index in [9.17, 15) is 0 Å². The first kappa shape index (κ1) is 8.92. The third-order valence-corrected chi connectivity index (χ3v) is 3.26. The van der Waals surface area contributed by atoms with Gasteiger partial charge >= 0.3 is 0 Å². The second-order valence-corrected chi connectivity index (χ2v) is 4.60. The molecule has 0 aliphatic heterocycles. The minimum atomic E-state index is 0.152. The summed E-state index contributed by atoms with van der Waals surface area (Å²) in [6.07, 6.45) is 8.46. The molecule has 1 aliphatic carbocycles. The maximum atomic E-state index is 6.06. The molecule has 2 N–H and O–H groups in total. The standard InChI is InChI=1S/C12H15N3/c13-12(6-7-12)5-3-10-1-2-11-4-8-14-15(11)9-10/h1-2,4,8-9H,3,5-7,13H2. The normalized spacial score (nSPS) is 18.2. The Balaban J connectivity index is 1.78. The number of hydrogen-bond acceptors (Lipinski definition) is 2. The van der Waals surface area contributed by atoms with Gasteiger partial charge in [-0.05, 0) is 43.4 Å². The summed E-state index contributed by atoms with van der Waals surface area (Å²) < 4.78 is 1.92. The van der Waals surface area contributed by atoms with Gasteiger partial charge in [-0.1, -0.05) is 6.07 Å². The molecule has 0 bridgehead atoms. The van der Waals surface area contributed by atoms with Gasteiger partial charge < -0.3 is 5.73 Å². The topological polar surface area (TPSA) is 43.3 Å². The van der Waals surface area contributed by atoms with Crippen molar-refractivity contribution in [2.75, 3.05) is 0 Å². The molecule has 78 valence electrons. The monoisotopic (exact) mass is 201 g/mol. The van der Waals surface area contributed by atoms with Gasteiger partial charge in [0.05, 0.1) is 5.52 Å². The smallest absolute Gasteiger partial charge is 0.0661 e. The Bertz CT molecular complexity index is 482. The van der Waals surface area contributed by atoms with Gasteiger partial charge in [-0.25, -0.2) is 4.52 Å². The molecule has 0 radical (unpaired) electrons. The lowest BCUT2D eigenvalue weighted by Crippen LogP contribution is -2.22. The van der Waals surface area contributed by atoms with Crippen LogP contribution in [0.25, 0.3) is 5.52 Å². The van der Waals surface area contributed by atoms with Crippen LogP contribution < -0.4 is 5.73 Å². The fraction of sp³-hybridized carbons (Fsp3) is 0.417. The van der Waals surface area contributed by atoms with Gasteiger partial charge in [0.15, 0.2) is 0 Å². The van der Waals surface area contributed by atoms with Crippen molar-refractivity contribution in [3.63, 3.8) is 0 Å². The number of aromatic nitrogens is 2. The Morgan fingerprint density at radius 3 is 3.00 bits per heavy atom. The predicted octanol–water partition coefficient (Wildman–Crippen LogP) is 1.76. The van der Waals surface area contributed by atoms with Crippen LogP contribution in [0.3, 0.4) is 0 Å². The molecule has 2 aromatic rings. The summed E-state index contributed by atoms with van der Waals surface area (Å²) >= 11 is 0. The zero-order chi connectivity index (χ0) is 10.3. The van der Waals surface area contributed by atoms with Gasteiger partial charge in [0, 0.05) is 17.9 Å². The summed E-state index contributed by atoms with van der Waals surface area (Å²) in [6, 6.07) is 6.29. The van der Waals surface area contributed by atoms with Crippen LogP contribution in [0.2, 0.25) is 0 Å². The molecule has 15 heavy (non-hydrogen) atoms. The highest BCUT2D eigenvalue weighted by atomic mass is 15.2. The number of nitrogens with zero attached hydrogens (tertiary/aromatic N) is 2. The molecule has 0 unspecified atom stereocenters. The van der Waals surface area contributed by atoms with Crippen LogP contribution in [-0.4, -0.2) is 15.2 Å². The van der Waals surface area contributed by atoms with E-state index in [1.54, 1.807) is 0 Å². The number of rotatable bonds is 3. The van der Waals surface area contributed by atoms with Crippen LogP contribution >= 0.6 is 0 Å². The van der Waals surface area contributed by atoms with E-state index >= 15 is 0 Å². The Morgan fingerprint density at radius 1 is 1.33 bits per heavy atom. The molecule has 3 heteroatoms. The first-order chi connectivity index (χ1) is 7.25. The molecule has 1 fully saturated rings. The number of pyridine rings is 1. The molecule has 0 atom stereocenters. The summed E-state index contributed by atoms with van der Waals surface area (Å²) in [5, 5.41) is 4.22. The zero-order valence-electron chi connectivity index (χ0n) is 8.69. The van der Waals surface area contributed by atoms with Crippen molar-refractivity contribution in [1.29, 1.82) is 0 Å². The number of fused-ring (bicyclic) bond motifs is 1. The summed E-state index contributed by atoms with van der Waals surface area (Å²) in [5.74, 6) is 0. The summed E-state index contributed by atoms with van der Waals surface area (Å²) in [7, 11) is 0. The Hall–Kier alpha value is -1.35. The molecule has 0 saturated heterocycles. The second-order valence-electron chi connectivity index (χ2n) is 4.60. The second kappa shape index (κ2) is 3.07. The van der Waals surface area contributed by atoms with E-state index in [1.165, 1.54) is 18.4 Å². The number of aryl methyl sites for hydroxylation is 1. The van der Waals surface area contributed by atoms with Crippen LogP contribution in [0, 0.1) is 0 Å². The predicted molar refractivity (Wildman–Crippen MR) is 59.7 cm³/mol. The van der Waals surface area contributed by atoms with Crippen LogP contribution in [0.1, 0.15) is 24.8 Å². The van der Waals surface area contributed by atoms with E-state index < -0.39 is 0 Å². The largest absolute Gasteiger partial charge is 0.325 e. The van der Waals surface area contributed by atoms with Crippen molar-refractivity contribution in [2.45, 2.75) is 31.2 Å². The first-order valence-electron chi connectivity index (χ1n) is 5.46.